The number of amides is 6. The number of rotatable bonds is 15. The summed E-state index contributed by atoms with van der Waals surface area (Å²) < 4.78 is 0. The first kappa shape index (κ1) is 28.2. The van der Waals surface area contributed by atoms with Crippen LogP contribution in [0.5, 0.6) is 0 Å². The molecular weight excluding hydrogens is 434 g/mol. The standard InChI is InChI=1S/C16H27N7O9/c17-6(5-24)13(28)22-8(3-11(19)26)15(30)21-7(1-2-10(18)25)14(29)23-9(16(31)32)4-12(20)27/h6-9,24H,1-5,17H2,(H2,18,25)(H2,19,26)(H2,20,27)(H,21,30)(H,22,28)(H,23,29)(H,31,32). The number of nitrogens with one attached hydrogen (secondary N) is 3. The summed E-state index contributed by atoms with van der Waals surface area (Å²) in [6, 6.07) is -6.31. The second kappa shape index (κ2) is 13.5. The fourth-order valence-corrected chi connectivity index (χ4v) is 2.27. The molecular formula is C16H27N7O9. The number of hydrogen-bond acceptors (Lipinski definition) is 9. The molecule has 0 bridgehead atoms. The molecule has 0 radical (unpaired) electrons. The molecule has 6 amide bonds. The van der Waals surface area contributed by atoms with Crippen molar-refractivity contribution in [1.29, 1.82) is 0 Å². The van der Waals surface area contributed by atoms with Crippen molar-refractivity contribution in [2.75, 3.05) is 6.61 Å². The summed E-state index contributed by atoms with van der Waals surface area (Å²) in [5.41, 5.74) is 20.3. The Morgan fingerprint density at radius 1 is 0.688 bits per heavy atom. The van der Waals surface area contributed by atoms with Crippen LogP contribution in [0.25, 0.3) is 0 Å². The van der Waals surface area contributed by atoms with Crippen LogP contribution < -0.4 is 38.9 Å². The van der Waals surface area contributed by atoms with Gasteiger partial charge in [-0.3, -0.25) is 28.8 Å². The van der Waals surface area contributed by atoms with E-state index in [2.05, 4.69) is 10.6 Å². The molecule has 0 aliphatic carbocycles. The minimum atomic E-state index is -1.73. The van der Waals surface area contributed by atoms with Crippen molar-refractivity contribution in [3.8, 4) is 0 Å². The Kier molecular flexibility index (Phi) is 11.9. The van der Waals surface area contributed by atoms with Gasteiger partial charge >= 0.3 is 5.97 Å². The maximum absolute atomic E-state index is 12.6. The lowest BCUT2D eigenvalue weighted by atomic mass is 10.1. The van der Waals surface area contributed by atoms with Gasteiger partial charge in [0.2, 0.25) is 35.4 Å². The minimum Gasteiger partial charge on any atom is -0.480 e. The van der Waals surface area contributed by atoms with Crippen LogP contribution in [0.4, 0.5) is 0 Å². The average Bonchev–Trinajstić information content (AvgIpc) is 2.67. The highest BCUT2D eigenvalue weighted by Crippen LogP contribution is 2.03. The maximum Gasteiger partial charge on any atom is 0.326 e. The van der Waals surface area contributed by atoms with Crippen molar-refractivity contribution in [1.82, 2.24) is 16.0 Å². The Morgan fingerprint density at radius 3 is 1.56 bits per heavy atom. The van der Waals surface area contributed by atoms with E-state index >= 15 is 0 Å². The third-order valence-electron chi connectivity index (χ3n) is 3.90. The van der Waals surface area contributed by atoms with Crippen molar-refractivity contribution < 1.29 is 43.8 Å². The lowest BCUT2D eigenvalue weighted by Gasteiger charge is -2.24. The Morgan fingerprint density at radius 2 is 1.12 bits per heavy atom. The van der Waals surface area contributed by atoms with E-state index in [-0.39, 0.29) is 6.42 Å². The third-order valence-corrected chi connectivity index (χ3v) is 3.90. The van der Waals surface area contributed by atoms with Gasteiger partial charge in [-0.25, -0.2) is 4.79 Å². The zero-order chi connectivity index (χ0) is 25.0. The predicted molar refractivity (Wildman–Crippen MR) is 105 cm³/mol. The van der Waals surface area contributed by atoms with Crippen LogP contribution in [-0.2, 0) is 33.6 Å². The van der Waals surface area contributed by atoms with E-state index in [0.717, 1.165) is 0 Å². The van der Waals surface area contributed by atoms with Gasteiger partial charge in [-0.1, -0.05) is 0 Å². The second-order valence-electron chi connectivity index (χ2n) is 6.66. The molecule has 0 aliphatic rings. The average molecular weight is 461 g/mol. The number of primary amides is 3. The molecule has 0 fully saturated rings. The summed E-state index contributed by atoms with van der Waals surface area (Å²) in [7, 11) is 0. The van der Waals surface area contributed by atoms with Crippen LogP contribution in [0.3, 0.4) is 0 Å². The summed E-state index contributed by atoms with van der Waals surface area (Å²) in [6.45, 7) is -0.767. The quantitative estimate of drug-likeness (QED) is 0.111. The number of hydrogen-bond donors (Lipinski definition) is 9. The molecule has 0 aromatic heterocycles. The smallest absolute Gasteiger partial charge is 0.326 e. The van der Waals surface area contributed by atoms with Gasteiger partial charge in [0, 0.05) is 6.42 Å². The molecule has 180 valence electrons. The number of carboxylic acids is 1. The van der Waals surface area contributed by atoms with Crippen molar-refractivity contribution in [3.63, 3.8) is 0 Å². The topological polar surface area (TPSA) is 300 Å². The van der Waals surface area contributed by atoms with Crippen molar-refractivity contribution >= 4 is 41.4 Å². The first-order chi connectivity index (χ1) is 14.8. The van der Waals surface area contributed by atoms with E-state index in [9.17, 15) is 33.6 Å². The number of aliphatic carboxylic acids is 1. The van der Waals surface area contributed by atoms with Gasteiger partial charge in [-0.15, -0.1) is 0 Å². The molecule has 16 nitrogen and oxygen atoms in total. The molecule has 4 atom stereocenters. The van der Waals surface area contributed by atoms with Crippen LogP contribution in [0, 0.1) is 0 Å². The van der Waals surface area contributed by atoms with Crippen LogP contribution in [-0.4, -0.2) is 82.4 Å². The van der Waals surface area contributed by atoms with Crippen molar-refractivity contribution in [2.24, 2.45) is 22.9 Å². The van der Waals surface area contributed by atoms with Crippen LogP contribution in [0.1, 0.15) is 25.7 Å². The van der Waals surface area contributed by atoms with Gasteiger partial charge in [0.15, 0.2) is 0 Å². The fourth-order valence-electron chi connectivity index (χ4n) is 2.27. The largest absolute Gasteiger partial charge is 0.480 e. The number of aliphatic hydroxyl groups excluding tert-OH is 1. The van der Waals surface area contributed by atoms with Crippen LogP contribution in [0.2, 0.25) is 0 Å². The molecule has 0 heterocycles. The third kappa shape index (κ3) is 10.8. The molecule has 0 rings (SSSR count). The van der Waals surface area contributed by atoms with Gasteiger partial charge in [0.25, 0.3) is 0 Å². The van der Waals surface area contributed by atoms with Gasteiger partial charge in [0.05, 0.1) is 19.4 Å². The van der Waals surface area contributed by atoms with E-state index in [4.69, 9.17) is 33.1 Å². The number of carboxylic acid groups (broad SMARTS) is 1. The molecule has 0 spiro atoms. The van der Waals surface area contributed by atoms with Gasteiger partial charge in [0.1, 0.15) is 24.2 Å². The lowest BCUT2D eigenvalue weighted by molar-refractivity contribution is -0.144. The van der Waals surface area contributed by atoms with E-state index in [1.165, 1.54) is 0 Å². The van der Waals surface area contributed by atoms with Crippen molar-refractivity contribution in [3.05, 3.63) is 0 Å². The molecule has 0 aromatic rings. The van der Waals surface area contributed by atoms with E-state index < -0.39 is 91.4 Å². The molecule has 0 saturated heterocycles. The Bertz CT molecular complexity index is 758. The summed E-state index contributed by atoms with van der Waals surface area (Å²) in [5.74, 6) is -7.68. The monoisotopic (exact) mass is 461 g/mol. The molecule has 32 heavy (non-hydrogen) atoms. The minimum absolute atomic E-state index is 0.386. The molecule has 4 unspecified atom stereocenters. The SMILES string of the molecule is NC(=O)CCC(NC(=O)C(CC(N)=O)NC(=O)C(N)CO)C(=O)NC(CC(N)=O)C(=O)O. The number of aliphatic hydroxyl groups is 1. The first-order valence-electron chi connectivity index (χ1n) is 9.13. The summed E-state index contributed by atoms with van der Waals surface area (Å²) >= 11 is 0. The highest BCUT2D eigenvalue weighted by atomic mass is 16.4. The fraction of sp³-hybridized carbons (Fsp3) is 0.562. The molecule has 0 aliphatic heterocycles. The maximum atomic E-state index is 12.6. The lowest BCUT2D eigenvalue weighted by Crippen LogP contribution is -2.58. The second-order valence-corrected chi connectivity index (χ2v) is 6.66. The summed E-state index contributed by atoms with van der Waals surface area (Å²) in [5, 5.41) is 24.2. The first-order valence-corrected chi connectivity index (χ1v) is 9.13. The zero-order valence-corrected chi connectivity index (χ0v) is 16.9. The van der Waals surface area contributed by atoms with Crippen molar-refractivity contribution in [2.45, 2.75) is 49.9 Å². The molecule has 16 heteroatoms. The number of carbonyl (C=O) groups excluding carboxylic acids is 6. The predicted octanol–water partition coefficient (Wildman–Crippen LogP) is -6.14. The van der Waals surface area contributed by atoms with E-state index in [1.54, 1.807) is 0 Å². The zero-order valence-electron chi connectivity index (χ0n) is 16.9. The van der Waals surface area contributed by atoms with Crippen LogP contribution in [0.15, 0.2) is 0 Å². The Labute approximate surface area is 181 Å². The molecule has 0 aromatic carbocycles. The Balaban J connectivity index is 5.58. The van der Waals surface area contributed by atoms with Crippen LogP contribution >= 0.6 is 0 Å². The highest BCUT2D eigenvalue weighted by molar-refractivity contribution is 5.96. The normalized spacial score (nSPS) is 14.2. The van der Waals surface area contributed by atoms with E-state index in [1.807, 2.05) is 5.32 Å². The van der Waals surface area contributed by atoms with Gasteiger partial charge in [-0.05, 0) is 6.42 Å². The van der Waals surface area contributed by atoms with Gasteiger partial charge in [-0.2, -0.15) is 0 Å². The van der Waals surface area contributed by atoms with E-state index in [0.29, 0.717) is 0 Å². The number of carbonyl (C=O) groups is 7. The summed E-state index contributed by atoms with van der Waals surface area (Å²) in [6.07, 6.45) is -2.26. The summed E-state index contributed by atoms with van der Waals surface area (Å²) in [4.78, 5) is 81.4. The van der Waals surface area contributed by atoms with Gasteiger partial charge < -0.3 is 49.1 Å². The number of nitrogens with two attached hydrogens (primary N) is 4. The highest BCUT2D eigenvalue weighted by Gasteiger charge is 2.31. The molecule has 0 saturated carbocycles. The Hall–Kier alpha value is -3.79. The molecule has 13 N–H and O–H groups in total.